The van der Waals surface area contributed by atoms with Crippen molar-refractivity contribution in [1.82, 2.24) is 4.98 Å². The van der Waals surface area contributed by atoms with E-state index in [2.05, 4.69) is 10.3 Å². The van der Waals surface area contributed by atoms with E-state index >= 15 is 0 Å². The number of ether oxygens (including phenoxy) is 1. The minimum atomic E-state index is -0.373. The number of nitrogens with zero attached hydrogens (tertiary/aromatic N) is 1. The number of rotatable bonds is 5. The molecule has 3 rings (SSSR count). The number of pyridine rings is 1. The zero-order valence-corrected chi connectivity index (χ0v) is 13.0. The van der Waals surface area contributed by atoms with E-state index in [9.17, 15) is 9.59 Å². The van der Waals surface area contributed by atoms with E-state index in [-0.39, 0.29) is 11.9 Å². The predicted octanol–water partition coefficient (Wildman–Crippen LogP) is 3.45. The molecule has 0 saturated heterocycles. The van der Waals surface area contributed by atoms with E-state index in [1.807, 2.05) is 5.38 Å². The summed E-state index contributed by atoms with van der Waals surface area (Å²) in [6, 6.07) is 5.13. The highest BCUT2D eigenvalue weighted by Crippen LogP contribution is 2.46. The Labute approximate surface area is 132 Å². The summed E-state index contributed by atoms with van der Waals surface area (Å²) in [6.45, 7) is 2.08. The molecule has 1 aliphatic rings. The van der Waals surface area contributed by atoms with Gasteiger partial charge in [0.1, 0.15) is 10.7 Å². The molecule has 114 valence electrons. The molecule has 22 heavy (non-hydrogen) atoms. The van der Waals surface area contributed by atoms with Crippen molar-refractivity contribution in [3.8, 4) is 0 Å². The average molecular weight is 316 g/mol. The largest absolute Gasteiger partial charge is 0.462 e. The molecule has 0 spiro atoms. The Hall–Kier alpha value is -2.21. The zero-order chi connectivity index (χ0) is 15.5. The first-order valence-electron chi connectivity index (χ1n) is 7.21. The van der Waals surface area contributed by atoms with Gasteiger partial charge in [-0.2, -0.15) is 0 Å². The first-order valence-corrected chi connectivity index (χ1v) is 8.09. The third kappa shape index (κ3) is 3.01. The number of esters is 1. The number of hydrogen-bond donors (Lipinski definition) is 1. The van der Waals surface area contributed by atoms with Crippen LogP contribution in [-0.4, -0.2) is 23.5 Å². The van der Waals surface area contributed by atoms with Gasteiger partial charge in [-0.3, -0.25) is 9.78 Å². The Kier molecular flexibility index (Phi) is 4.20. The van der Waals surface area contributed by atoms with Crippen molar-refractivity contribution in [3.63, 3.8) is 0 Å². The monoisotopic (exact) mass is 316 g/mol. The lowest BCUT2D eigenvalue weighted by Gasteiger charge is -2.08. The SMILES string of the molecule is CCOC(=O)c1c(C2CC2)csc1NC(=O)c1ccccn1. The molecular formula is C16H16N2O3S. The number of nitrogens with one attached hydrogen (secondary N) is 1. The first kappa shape index (κ1) is 14.7. The fourth-order valence-corrected chi connectivity index (χ4v) is 3.26. The van der Waals surface area contributed by atoms with Crippen LogP contribution >= 0.6 is 11.3 Å². The molecule has 0 radical (unpaired) electrons. The van der Waals surface area contributed by atoms with Crippen molar-refractivity contribution in [3.05, 3.63) is 46.6 Å². The summed E-state index contributed by atoms with van der Waals surface area (Å²) in [5.74, 6) is -0.284. The summed E-state index contributed by atoms with van der Waals surface area (Å²) < 4.78 is 5.13. The Morgan fingerprint density at radius 3 is 2.86 bits per heavy atom. The molecule has 1 fully saturated rings. The average Bonchev–Trinajstić information content (AvgIpc) is 3.29. The van der Waals surface area contributed by atoms with Crippen LogP contribution in [0.2, 0.25) is 0 Å². The second-order valence-electron chi connectivity index (χ2n) is 5.06. The molecule has 1 saturated carbocycles. The van der Waals surface area contributed by atoms with Crippen LogP contribution in [0.15, 0.2) is 29.8 Å². The highest BCUT2D eigenvalue weighted by atomic mass is 32.1. The molecule has 0 atom stereocenters. The van der Waals surface area contributed by atoms with Crippen LogP contribution in [0.1, 0.15) is 52.1 Å². The molecular weight excluding hydrogens is 300 g/mol. The van der Waals surface area contributed by atoms with Crippen LogP contribution in [0.25, 0.3) is 0 Å². The predicted molar refractivity (Wildman–Crippen MR) is 84.4 cm³/mol. The van der Waals surface area contributed by atoms with Gasteiger partial charge in [0.25, 0.3) is 5.91 Å². The van der Waals surface area contributed by atoms with E-state index in [1.54, 1.807) is 31.3 Å². The van der Waals surface area contributed by atoms with Gasteiger partial charge in [-0.15, -0.1) is 11.3 Å². The Bertz CT molecular complexity index is 693. The summed E-state index contributed by atoms with van der Waals surface area (Å²) in [4.78, 5) is 28.5. The minimum absolute atomic E-state index is 0.312. The fraction of sp³-hybridized carbons (Fsp3) is 0.312. The third-order valence-electron chi connectivity index (χ3n) is 3.44. The van der Waals surface area contributed by atoms with Crippen molar-refractivity contribution >= 4 is 28.2 Å². The van der Waals surface area contributed by atoms with Crippen LogP contribution in [0.4, 0.5) is 5.00 Å². The molecule has 1 N–H and O–H groups in total. The summed E-state index contributed by atoms with van der Waals surface area (Å²) in [6.07, 6.45) is 3.72. The molecule has 5 nitrogen and oxygen atoms in total. The number of thiophene rings is 1. The number of anilines is 1. The molecule has 2 heterocycles. The van der Waals surface area contributed by atoms with Gasteiger partial charge in [0.2, 0.25) is 0 Å². The normalized spacial score (nSPS) is 13.7. The lowest BCUT2D eigenvalue weighted by atomic mass is 10.1. The van der Waals surface area contributed by atoms with E-state index in [1.165, 1.54) is 11.3 Å². The third-order valence-corrected chi connectivity index (χ3v) is 4.35. The van der Waals surface area contributed by atoms with Crippen LogP contribution in [0.5, 0.6) is 0 Å². The topological polar surface area (TPSA) is 68.3 Å². The van der Waals surface area contributed by atoms with Crippen molar-refractivity contribution < 1.29 is 14.3 Å². The highest BCUT2D eigenvalue weighted by molar-refractivity contribution is 7.15. The molecule has 0 bridgehead atoms. The number of carbonyl (C=O) groups excluding carboxylic acids is 2. The summed E-state index contributed by atoms with van der Waals surface area (Å²) in [5, 5.41) is 5.27. The summed E-state index contributed by atoms with van der Waals surface area (Å²) >= 11 is 1.36. The van der Waals surface area contributed by atoms with Gasteiger partial charge >= 0.3 is 5.97 Å². The van der Waals surface area contributed by atoms with E-state index in [0.717, 1.165) is 18.4 Å². The maximum Gasteiger partial charge on any atom is 0.341 e. The van der Waals surface area contributed by atoms with Crippen LogP contribution < -0.4 is 5.32 Å². The second kappa shape index (κ2) is 6.27. The first-order chi connectivity index (χ1) is 10.7. The molecule has 0 unspecified atom stereocenters. The number of amides is 1. The second-order valence-corrected chi connectivity index (χ2v) is 5.94. The van der Waals surface area contributed by atoms with Gasteiger partial charge < -0.3 is 10.1 Å². The van der Waals surface area contributed by atoms with Gasteiger partial charge in [-0.25, -0.2) is 4.79 Å². The molecule has 6 heteroatoms. The Morgan fingerprint density at radius 2 is 2.23 bits per heavy atom. The zero-order valence-electron chi connectivity index (χ0n) is 12.2. The molecule has 0 aliphatic heterocycles. The fourth-order valence-electron chi connectivity index (χ4n) is 2.24. The van der Waals surface area contributed by atoms with Gasteiger partial charge in [-0.05, 0) is 48.8 Å². The molecule has 2 aromatic heterocycles. The smallest absolute Gasteiger partial charge is 0.341 e. The van der Waals surface area contributed by atoms with Crippen LogP contribution in [0, 0.1) is 0 Å². The Morgan fingerprint density at radius 1 is 1.41 bits per heavy atom. The number of hydrogen-bond acceptors (Lipinski definition) is 5. The van der Waals surface area contributed by atoms with Gasteiger partial charge in [-0.1, -0.05) is 6.07 Å². The van der Waals surface area contributed by atoms with E-state index < -0.39 is 0 Å². The maximum atomic E-state index is 12.2. The summed E-state index contributed by atoms with van der Waals surface area (Å²) in [5.41, 5.74) is 1.80. The van der Waals surface area contributed by atoms with Gasteiger partial charge in [0.05, 0.1) is 12.2 Å². The Balaban J connectivity index is 1.87. The van der Waals surface area contributed by atoms with E-state index in [0.29, 0.717) is 28.8 Å². The quantitative estimate of drug-likeness (QED) is 0.858. The molecule has 1 aliphatic carbocycles. The highest BCUT2D eigenvalue weighted by Gasteiger charge is 2.32. The standard InChI is InChI=1S/C16H16N2O3S/c1-2-21-16(20)13-11(10-6-7-10)9-22-15(13)18-14(19)12-5-3-4-8-17-12/h3-5,8-10H,2,6-7H2,1H3,(H,18,19). The van der Waals surface area contributed by atoms with Crippen molar-refractivity contribution in [2.45, 2.75) is 25.7 Å². The number of carbonyl (C=O) groups is 2. The lowest BCUT2D eigenvalue weighted by molar-refractivity contribution is 0.0527. The molecule has 0 aromatic carbocycles. The molecule has 2 aromatic rings. The summed E-state index contributed by atoms with van der Waals surface area (Å²) in [7, 11) is 0. The van der Waals surface area contributed by atoms with Crippen LogP contribution in [0.3, 0.4) is 0 Å². The number of aromatic nitrogens is 1. The van der Waals surface area contributed by atoms with Crippen LogP contribution in [-0.2, 0) is 4.74 Å². The van der Waals surface area contributed by atoms with Crippen molar-refractivity contribution in [1.29, 1.82) is 0 Å². The lowest BCUT2D eigenvalue weighted by Crippen LogP contribution is -2.16. The maximum absolute atomic E-state index is 12.2. The van der Waals surface area contributed by atoms with Gasteiger partial charge in [0.15, 0.2) is 0 Å². The van der Waals surface area contributed by atoms with Gasteiger partial charge in [0, 0.05) is 6.20 Å². The van der Waals surface area contributed by atoms with Crippen molar-refractivity contribution in [2.24, 2.45) is 0 Å². The van der Waals surface area contributed by atoms with E-state index in [4.69, 9.17) is 4.74 Å². The minimum Gasteiger partial charge on any atom is -0.462 e. The molecule has 1 amide bonds. The van der Waals surface area contributed by atoms with Crippen molar-refractivity contribution in [2.75, 3.05) is 11.9 Å².